The molecular formula is C26H23FN2O5S. The van der Waals surface area contributed by atoms with E-state index in [0.29, 0.717) is 31.7 Å². The third kappa shape index (κ3) is 4.85. The molecule has 0 aliphatic carbocycles. The molecule has 2 heterocycles. The molecule has 1 aliphatic heterocycles. The van der Waals surface area contributed by atoms with Crippen molar-refractivity contribution in [3.63, 3.8) is 0 Å². The molecule has 0 bridgehead atoms. The van der Waals surface area contributed by atoms with Gasteiger partial charge in [-0.15, -0.1) is 0 Å². The van der Waals surface area contributed by atoms with Gasteiger partial charge in [-0.2, -0.15) is 0 Å². The number of rotatable bonds is 5. The van der Waals surface area contributed by atoms with Crippen molar-refractivity contribution < 1.29 is 23.5 Å². The molecule has 3 aromatic rings. The smallest absolute Gasteiger partial charge is 0.338 e. The quantitative estimate of drug-likeness (QED) is 0.509. The molecule has 4 rings (SSSR count). The number of thiazole rings is 1. The van der Waals surface area contributed by atoms with Crippen LogP contribution in [0.25, 0.3) is 6.08 Å². The second-order valence-corrected chi connectivity index (χ2v) is 9.21. The molecule has 9 heteroatoms. The fourth-order valence-electron chi connectivity index (χ4n) is 3.81. The Hall–Kier alpha value is -3.85. The van der Waals surface area contributed by atoms with Crippen molar-refractivity contribution in [1.82, 2.24) is 4.57 Å². The van der Waals surface area contributed by atoms with E-state index in [1.165, 1.54) is 35.1 Å². The van der Waals surface area contributed by atoms with Crippen LogP contribution < -0.4 is 14.9 Å². The Balaban J connectivity index is 1.91. The SMILES string of the molecule is COC(=O)c1ccc(C2C(C(=O)OC(C)C)=C(C)N=c3sc(=Cc4ccc(F)cc4)c(=O)n32)cc1. The summed E-state index contributed by atoms with van der Waals surface area (Å²) in [6.07, 6.45) is 1.29. The lowest BCUT2D eigenvalue weighted by atomic mass is 9.95. The number of halogens is 1. The summed E-state index contributed by atoms with van der Waals surface area (Å²) >= 11 is 1.18. The average Bonchev–Trinajstić information content (AvgIpc) is 3.13. The van der Waals surface area contributed by atoms with E-state index in [9.17, 15) is 18.8 Å². The van der Waals surface area contributed by atoms with E-state index in [4.69, 9.17) is 9.47 Å². The van der Waals surface area contributed by atoms with Crippen molar-refractivity contribution in [1.29, 1.82) is 0 Å². The van der Waals surface area contributed by atoms with E-state index in [1.807, 2.05) is 0 Å². The maximum Gasteiger partial charge on any atom is 0.338 e. The minimum Gasteiger partial charge on any atom is -0.465 e. The number of methoxy groups -OCH3 is 1. The molecule has 1 atom stereocenters. The average molecular weight is 495 g/mol. The highest BCUT2D eigenvalue weighted by Gasteiger charge is 2.33. The summed E-state index contributed by atoms with van der Waals surface area (Å²) in [4.78, 5) is 43.5. The molecule has 1 aromatic heterocycles. The third-order valence-corrected chi connectivity index (χ3v) is 6.38. The first-order chi connectivity index (χ1) is 16.7. The lowest BCUT2D eigenvalue weighted by molar-refractivity contribution is -0.143. The number of allylic oxidation sites excluding steroid dienone is 1. The topological polar surface area (TPSA) is 87.0 Å². The Morgan fingerprint density at radius 1 is 1.09 bits per heavy atom. The van der Waals surface area contributed by atoms with E-state index in [1.54, 1.807) is 63.2 Å². The summed E-state index contributed by atoms with van der Waals surface area (Å²) in [5, 5.41) is 0. The lowest BCUT2D eigenvalue weighted by Gasteiger charge is -2.25. The van der Waals surface area contributed by atoms with Crippen LogP contribution in [0.5, 0.6) is 0 Å². The summed E-state index contributed by atoms with van der Waals surface area (Å²) in [7, 11) is 1.29. The van der Waals surface area contributed by atoms with Gasteiger partial charge in [0.05, 0.1) is 40.6 Å². The van der Waals surface area contributed by atoms with Crippen LogP contribution in [0.3, 0.4) is 0 Å². The van der Waals surface area contributed by atoms with Gasteiger partial charge in [0.25, 0.3) is 5.56 Å². The second-order valence-electron chi connectivity index (χ2n) is 8.20. The Bertz CT molecular complexity index is 1500. The molecular weight excluding hydrogens is 471 g/mol. The van der Waals surface area contributed by atoms with Crippen LogP contribution in [0.2, 0.25) is 0 Å². The van der Waals surface area contributed by atoms with Crippen LogP contribution >= 0.6 is 11.3 Å². The zero-order valence-electron chi connectivity index (χ0n) is 19.6. The zero-order chi connectivity index (χ0) is 25.3. The molecule has 7 nitrogen and oxygen atoms in total. The zero-order valence-corrected chi connectivity index (χ0v) is 20.4. The van der Waals surface area contributed by atoms with Crippen molar-refractivity contribution >= 4 is 29.4 Å². The molecule has 0 saturated heterocycles. The number of fused-ring (bicyclic) bond motifs is 1. The highest BCUT2D eigenvalue weighted by atomic mass is 32.1. The number of ether oxygens (including phenoxy) is 2. The van der Waals surface area contributed by atoms with Crippen LogP contribution in [-0.2, 0) is 14.3 Å². The van der Waals surface area contributed by atoms with Crippen LogP contribution in [0.4, 0.5) is 4.39 Å². The Kier molecular flexibility index (Phi) is 6.79. The molecule has 180 valence electrons. The van der Waals surface area contributed by atoms with Gasteiger partial charge >= 0.3 is 11.9 Å². The number of carbonyl (C=O) groups is 2. The van der Waals surface area contributed by atoms with Gasteiger partial charge in [-0.1, -0.05) is 35.6 Å². The fourth-order valence-corrected chi connectivity index (χ4v) is 4.85. The summed E-state index contributed by atoms with van der Waals surface area (Å²) in [5.74, 6) is -1.44. The Labute approximate surface area is 204 Å². The Morgan fingerprint density at radius 2 is 1.74 bits per heavy atom. The summed E-state index contributed by atoms with van der Waals surface area (Å²) in [5.41, 5.74) is 1.94. The maximum atomic E-state index is 13.5. The van der Waals surface area contributed by atoms with Crippen molar-refractivity contribution in [3.05, 3.63) is 102 Å². The summed E-state index contributed by atoms with van der Waals surface area (Å²) < 4.78 is 25.4. The number of hydrogen-bond acceptors (Lipinski definition) is 7. The minimum atomic E-state index is -0.806. The molecule has 1 unspecified atom stereocenters. The predicted octanol–water partition coefficient (Wildman–Crippen LogP) is 3.11. The molecule has 0 radical (unpaired) electrons. The van der Waals surface area contributed by atoms with Gasteiger partial charge in [0.2, 0.25) is 0 Å². The number of benzene rings is 2. The fraction of sp³-hybridized carbons (Fsp3) is 0.231. The van der Waals surface area contributed by atoms with Gasteiger partial charge in [0, 0.05) is 0 Å². The van der Waals surface area contributed by atoms with E-state index in [0.717, 1.165) is 0 Å². The monoisotopic (exact) mass is 494 g/mol. The third-order valence-electron chi connectivity index (χ3n) is 5.40. The molecule has 2 aromatic carbocycles. The maximum absolute atomic E-state index is 13.5. The molecule has 1 aliphatic rings. The van der Waals surface area contributed by atoms with E-state index < -0.39 is 18.0 Å². The normalized spacial score (nSPS) is 15.6. The van der Waals surface area contributed by atoms with Crippen LogP contribution in [-0.4, -0.2) is 29.7 Å². The van der Waals surface area contributed by atoms with Crippen molar-refractivity contribution in [2.45, 2.75) is 32.9 Å². The highest BCUT2D eigenvalue weighted by molar-refractivity contribution is 7.07. The first kappa shape index (κ1) is 24.3. The van der Waals surface area contributed by atoms with Crippen molar-refractivity contribution in [3.8, 4) is 0 Å². The predicted molar refractivity (Wildman–Crippen MR) is 129 cm³/mol. The Morgan fingerprint density at radius 3 is 2.34 bits per heavy atom. The molecule has 0 spiro atoms. The number of carbonyl (C=O) groups excluding carboxylic acids is 2. The standard InChI is InChI=1S/C26H23FN2O5S/c1-14(2)34-25(32)21-15(3)28-26-29(22(21)17-7-9-18(10-8-17)24(31)33-4)23(30)20(35-26)13-16-5-11-19(27)12-6-16/h5-14,22H,1-4H3. The van der Waals surface area contributed by atoms with Gasteiger partial charge in [-0.25, -0.2) is 19.0 Å². The van der Waals surface area contributed by atoms with Crippen LogP contribution in [0.1, 0.15) is 48.3 Å². The highest BCUT2D eigenvalue weighted by Crippen LogP contribution is 2.31. The minimum absolute atomic E-state index is 0.241. The summed E-state index contributed by atoms with van der Waals surface area (Å²) in [6, 6.07) is 11.5. The number of nitrogens with zero attached hydrogens (tertiary/aromatic N) is 2. The number of esters is 2. The van der Waals surface area contributed by atoms with Gasteiger partial charge < -0.3 is 9.47 Å². The van der Waals surface area contributed by atoms with Gasteiger partial charge in [-0.3, -0.25) is 9.36 Å². The van der Waals surface area contributed by atoms with Gasteiger partial charge in [0.1, 0.15) is 5.82 Å². The largest absolute Gasteiger partial charge is 0.465 e. The summed E-state index contributed by atoms with van der Waals surface area (Å²) in [6.45, 7) is 5.18. The first-order valence-corrected chi connectivity index (χ1v) is 11.7. The molecule has 0 amide bonds. The van der Waals surface area contributed by atoms with Gasteiger partial charge in [-0.05, 0) is 62.2 Å². The number of aromatic nitrogens is 1. The van der Waals surface area contributed by atoms with Crippen LogP contribution in [0, 0.1) is 5.82 Å². The van der Waals surface area contributed by atoms with Crippen molar-refractivity contribution in [2.24, 2.45) is 4.99 Å². The molecule has 0 fully saturated rings. The van der Waals surface area contributed by atoms with E-state index >= 15 is 0 Å². The lowest BCUT2D eigenvalue weighted by Crippen LogP contribution is -2.40. The van der Waals surface area contributed by atoms with Gasteiger partial charge in [0.15, 0.2) is 4.80 Å². The van der Waals surface area contributed by atoms with E-state index in [-0.39, 0.29) is 23.1 Å². The first-order valence-electron chi connectivity index (χ1n) is 10.9. The van der Waals surface area contributed by atoms with Crippen molar-refractivity contribution in [2.75, 3.05) is 7.11 Å². The molecule has 0 N–H and O–H groups in total. The number of hydrogen-bond donors (Lipinski definition) is 0. The van der Waals surface area contributed by atoms with E-state index in [2.05, 4.69) is 4.99 Å². The molecule has 35 heavy (non-hydrogen) atoms. The second kappa shape index (κ2) is 9.79. The van der Waals surface area contributed by atoms with Crippen LogP contribution in [0.15, 0.2) is 69.6 Å². The molecule has 0 saturated carbocycles.